The van der Waals surface area contributed by atoms with Gasteiger partial charge in [-0.15, -0.1) is 0 Å². The van der Waals surface area contributed by atoms with Gasteiger partial charge in [-0.2, -0.15) is 0 Å². The number of hydrogen-bond acceptors (Lipinski definition) is 3. The summed E-state index contributed by atoms with van der Waals surface area (Å²) in [5, 5.41) is 0. The van der Waals surface area contributed by atoms with Crippen LogP contribution in [-0.4, -0.2) is 60.1 Å². The Morgan fingerprint density at radius 2 is 1.88 bits per heavy atom. The largest absolute Gasteiger partial charge is 0.453 e. The Labute approximate surface area is 99.1 Å². The van der Waals surface area contributed by atoms with Crippen molar-refractivity contribution in [3.8, 4) is 0 Å². The first-order valence-electron chi connectivity index (χ1n) is 5.47. The van der Waals surface area contributed by atoms with Gasteiger partial charge in [-0.25, -0.2) is 4.79 Å². The lowest BCUT2D eigenvalue weighted by Crippen LogP contribution is -2.50. The van der Waals surface area contributed by atoms with E-state index in [1.54, 1.807) is 28.3 Å². The van der Waals surface area contributed by atoms with E-state index in [0.29, 0.717) is 31.7 Å². The van der Waals surface area contributed by atoms with Crippen LogP contribution in [0.2, 0.25) is 0 Å². The minimum Gasteiger partial charge on any atom is -0.453 e. The average Bonchev–Trinajstić information content (AvgIpc) is 2.91. The SMILES string of the molecule is COC(=O)N1CCN(C(=O)c2cc[nH]c2)CC1. The van der Waals surface area contributed by atoms with Gasteiger partial charge in [0.25, 0.3) is 5.91 Å². The fourth-order valence-corrected chi connectivity index (χ4v) is 1.86. The van der Waals surface area contributed by atoms with Crippen LogP contribution in [0.4, 0.5) is 4.79 Å². The molecule has 0 aliphatic carbocycles. The molecule has 92 valence electrons. The summed E-state index contributed by atoms with van der Waals surface area (Å²) in [4.78, 5) is 29.4. The third-order valence-electron chi connectivity index (χ3n) is 2.84. The van der Waals surface area contributed by atoms with Crippen molar-refractivity contribution < 1.29 is 14.3 Å². The standard InChI is InChI=1S/C11H15N3O3/c1-17-11(16)14-6-4-13(5-7-14)10(15)9-2-3-12-8-9/h2-3,8,12H,4-7H2,1H3. The number of hydrogen-bond donors (Lipinski definition) is 1. The maximum absolute atomic E-state index is 12.0. The summed E-state index contributed by atoms with van der Waals surface area (Å²) in [6, 6.07) is 1.75. The zero-order valence-electron chi connectivity index (χ0n) is 9.68. The topological polar surface area (TPSA) is 65.6 Å². The maximum Gasteiger partial charge on any atom is 0.409 e. The zero-order chi connectivity index (χ0) is 12.3. The van der Waals surface area contributed by atoms with Gasteiger partial charge in [0.15, 0.2) is 0 Å². The predicted octanol–water partition coefficient (Wildman–Crippen LogP) is 0.539. The first-order chi connectivity index (χ1) is 8.22. The number of aromatic nitrogens is 1. The first-order valence-corrected chi connectivity index (χ1v) is 5.47. The fourth-order valence-electron chi connectivity index (χ4n) is 1.86. The molecule has 0 atom stereocenters. The highest BCUT2D eigenvalue weighted by molar-refractivity contribution is 5.94. The molecule has 1 aliphatic heterocycles. The molecule has 0 spiro atoms. The third kappa shape index (κ3) is 2.41. The van der Waals surface area contributed by atoms with Gasteiger partial charge in [0.1, 0.15) is 0 Å². The second kappa shape index (κ2) is 4.90. The number of H-pyrrole nitrogens is 1. The molecule has 2 rings (SSSR count). The number of nitrogens with zero attached hydrogens (tertiary/aromatic N) is 2. The lowest BCUT2D eigenvalue weighted by Gasteiger charge is -2.33. The number of carbonyl (C=O) groups is 2. The number of methoxy groups -OCH3 is 1. The first kappa shape index (κ1) is 11.5. The van der Waals surface area contributed by atoms with E-state index in [4.69, 9.17) is 0 Å². The van der Waals surface area contributed by atoms with Crippen LogP contribution in [0.3, 0.4) is 0 Å². The summed E-state index contributed by atoms with van der Waals surface area (Å²) < 4.78 is 4.64. The van der Waals surface area contributed by atoms with Crippen molar-refractivity contribution in [1.29, 1.82) is 0 Å². The van der Waals surface area contributed by atoms with Crippen molar-refractivity contribution in [2.75, 3.05) is 33.3 Å². The van der Waals surface area contributed by atoms with E-state index in [1.165, 1.54) is 7.11 Å². The second-order valence-corrected chi connectivity index (χ2v) is 3.85. The molecule has 0 aromatic carbocycles. The number of ether oxygens (including phenoxy) is 1. The Bertz CT molecular complexity index is 394. The minimum atomic E-state index is -0.334. The molecular formula is C11H15N3O3. The van der Waals surface area contributed by atoms with Gasteiger partial charge in [-0.05, 0) is 6.07 Å². The number of carbonyl (C=O) groups excluding carboxylic acids is 2. The van der Waals surface area contributed by atoms with E-state index in [0.717, 1.165) is 0 Å². The quantitative estimate of drug-likeness (QED) is 0.775. The molecule has 2 amide bonds. The van der Waals surface area contributed by atoms with Crippen LogP contribution in [0.25, 0.3) is 0 Å². The van der Waals surface area contributed by atoms with Crippen molar-refractivity contribution in [3.05, 3.63) is 24.0 Å². The summed E-state index contributed by atoms with van der Waals surface area (Å²) in [7, 11) is 1.36. The number of nitrogens with one attached hydrogen (secondary N) is 1. The normalized spacial score (nSPS) is 15.8. The Balaban J connectivity index is 1.91. The van der Waals surface area contributed by atoms with E-state index in [-0.39, 0.29) is 12.0 Å². The highest BCUT2D eigenvalue weighted by Gasteiger charge is 2.25. The Kier molecular flexibility index (Phi) is 3.32. The van der Waals surface area contributed by atoms with Crippen LogP contribution >= 0.6 is 0 Å². The lowest BCUT2D eigenvalue weighted by molar-refractivity contribution is 0.0600. The number of rotatable bonds is 1. The molecule has 2 heterocycles. The van der Waals surface area contributed by atoms with Crippen LogP contribution in [0.15, 0.2) is 18.5 Å². The number of aromatic amines is 1. The molecule has 6 heteroatoms. The average molecular weight is 237 g/mol. The van der Waals surface area contributed by atoms with E-state index in [2.05, 4.69) is 9.72 Å². The molecule has 1 N–H and O–H groups in total. The van der Waals surface area contributed by atoms with E-state index < -0.39 is 0 Å². The molecule has 1 fully saturated rings. The maximum atomic E-state index is 12.0. The predicted molar refractivity (Wildman–Crippen MR) is 60.7 cm³/mol. The molecule has 1 aromatic heterocycles. The van der Waals surface area contributed by atoms with Gasteiger partial charge < -0.3 is 19.5 Å². The Morgan fingerprint density at radius 1 is 1.24 bits per heavy atom. The summed E-state index contributed by atoms with van der Waals surface area (Å²) in [6.07, 6.45) is 3.06. The molecule has 6 nitrogen and oxygen atoms in total. The number of amides is 2. The molecule has 1 aromatic rings. The summed E-state index contributed by atoms with van der Waals surface area (Å²) in [5.74, 6) is -0.00392. The van der Waals surface area contributed by atoms with Crippen LogP contribution in [0, 0.1) is 0 Å². The van der Waals surface area contributed by atoms with Crippen molar-refractivity contribution in [1.82, 2.24) is 14.8 Å². The highest BCUT2D eigenvalue weighted by atomic mass is 16.5. The molecule has 0 saturated carbocycles. The van der Waals surface area contributed by atoms with Gasteiger partial charge in [0.05, 0.1) is 12.7 Å². The lowest BCUT2D eigenvalue weighted by atomic mass is 10.2. The third-order valence-corrected chi connectivity index (χ3v) is 2.84. The van der Waals surface area contributed by atoms with Crippen molar-refractivity contribution in [2.45, 2.75) is 0 Å². The van der Waals surface area contributed by atoms with Gasteiger partial charge >= 0.3 is 6.09 Å². The number of piperazine rings is 1. The highest BCUT2D eigenvalue weighted by Crippen LogP contribution is 2.08. The van der Waals surface area contributed by atoms with Gasteiger partial charge in [-0.1, -0.05) is 0 Å². The van der Waals surface area contributed by atoms with Crippen molar-refractivity contribution in [2.24, 2.45) is 0 Å². The summed E-state index contributed by atoms with van der Waals surface area (Å²) >= 11 is 0. The van der Waals surface area contributed by atoms with Crippen LogP contribution in [0.1, 0.15) is 10.4 Å². The zero-order valence-corrected chi connectivity index (χ0v) is 9.68. The molecule has 0 bridgehead atoms. The molecule has 17 heavy (non-hydrogen) atoms. The molecular weight excluding hydrogens is 222 g/mol. The molecule has 0 radical (unpaired) electrons. The molecule has 1 aliphatic rings. The Hall–Kier alpha value is -1.98. The smallest absolute Gasteiger partial charge is 0.409 e. The molecule has 1 saturated heterocycles. The van der Waals surface area contributed by atoms with Crippen LogP contribution < -0.4 is 0 Å². The Morgan fingerprint density at radius 3 is 2.41 bits per heavy atom. The fraction of sp³-hybridized carbons (Fsp3) is 0.455. The van der Waals surface area contributed by atoms with E-state index >= 15 is 0 Å². The van der Waals surface area contributed by atoms with Gasteiger partial charge in [0.2, 0.25) is 0 Å². The minimum absolute atomic E-state index is 0.00392. The monoisotopic (exact) mass is 237 g/mol. The van der Waals surface area contributed by atoms with E-state index in [9.17, 15) is 9.59 Å². The van der Waals surface area contributed by atoms with Crippen LogP contribution in [0.5, 0.6) is 0 Å². The van der Waals surface area contributed by atoms with Crippen molar-refractivity contribution in [3.63, 3.8) is 0 Å². The van der Waals surface area contributed by atoms with Crippen LogP contribution in [-0.2, 0) is 4.74 Å². The van der Waals surface area contributed by atoms with E-state index in [1.807, 2.05) is 0 Å². The molecule has 0 unspecified atom stereocenters. The second-order valence-electron chi connectivity index (χ2n) is 3.85. The summed E-state index contributed by atoms with van der Waals surface area (Å²) in [5.41, 5.74) is 0.650. The van der Waals surface area contributed by atoms with Gasteiger partial charge in [-0.3, -0.25) is 4.79 Å². The van der Waals surface area contributed by atoms with Crippen molar-refractivity contribution >= 4 is 12.0 Å². The summed E-state index contributed by atoms with van der Waals surface area (Å²) in [6.45, 7) is 2.11. The van der Waals surface area contributed by atoms with Gasteiger partial charge in [0, 0.05) is 38.6 Å².